The number of halogens is 3. The molecule has 4 rings (SSSR count). The van der Waals surface area contributed by atoms with Crippen molar-refractivity contribution in [2.24, 2.45) is 5.41 Å². The van der Waals surface area contributed by atoms with E-state index in [1.54, 1.807) is 42.0 Å². The summed E-state index contributed by atoms with van der Waals surface area (Å²) in [4.78, 5) is 34.4. The van der Waals surface area contributed by atoms with Gasteiger partial charge in [-0.15, -0.1) is 0 Å². The number of hydrogen-bond donors (Lipinski definition) is 0. The zero-order valence-electron chi connectivity index (χ0n) is 20.2. The maximum Gasteiger partial charge on any atom is 0.417 e. The number of anilines is 2. The second-order valence-electron chi connectivity index (χ2n) is 10.3. The molecule has 0 bridgehead atoms. The minimum Gasteiger partial charge on any atom is -0.330 e. The van der Waals surface area contributed by atoms with Crippen molar-refractivity contribution in [3.05, 3.63) is 53.2 Å². The monoisotopic (exact) mass is 515 g/mol. The summed E-state index contributed by atoms with van der Waals surface area (Å²) >= 11 is 5.53. The molecule has 2 fully saturated rings. The first kappa shape index (κ1) is 25.6. The number of nitriles is 1. The Bertz CT molecular complexity index is 1300. The molecule has 2 amide bonds. The number of alkyl halides is 3. The Hall–Kier alpha value is -3.52. The highest BCUT2D eigenvalue weighted by atomic mass is 32.1. The van der Waals surface area contributed by atoms with E-state index in [1.165, 1.54) is 12.1 Å². The van der Waals surface area contributed by atoms with Crippen molar-refractivity contribution in [3.8, 4) is 6.07 Å². The summed E-state index contributed by atoms with van der Waals surface area (Å²) in [5.41, 5.74) is -2.29. The number of hydrogen-bond acceptors (Lipinski definition) is 5. The van der Waals surface area contributed by atoms with Crippen LogP contribution in [-0.4, -0.2) is 38.9 Å². The van der Waals surface area contributed by atoms with E-state index in [1.807, 2.05) is 13.8 Å². The molecule has 0 saturated carbocycles. The zero-order valence-corrected chi connectivity index (χ0v) is 21.0. The van der Waals surface area contributed by atoms with E-state index in [0.29, 0.717) is 24.3 Å². The van der Waals surface area contributed by atoms with Gasteiger partial charge in [0.1, 0.15) is 11.4 Å². The van der Waals surface area contributed by atoms with Crippen LogP contribution in [0.1, 0.15) is 50.8 Å². The van der Waals surface area contributed by atoms with Gasteiger partial charge in [-0.1, -0.05) is 19.9 Å². The Morgan fingerprint density at radius 2 is 1.83 bits per heavy atom. The fourth-order valence-electron chi connectivity index (χ4n) is 4.47. The number of rotatable bonds is 4. The lowest BCUT2D eigenvalue weighted by Crippen LogP contribution is -2.43. The van der Waals surface area contributed by atoms with Crippen molar-refractivity contribution < 1.29 is 22.8 Å². The Morgan fingerprint density at radius 3 is 2.36 bits per heavy atom. The first-order valence-electron chi connectivity index (χ1n) is 11.2. The molecule has 188 valence electrons. The summed E-state index contributed by atoms with van der Waals surface area (Å²) in [7, 11) is 0. The van der Waals surface area contributed by atoms with Gasteiger partial charge in [-0.25, -0.2) is 4.98 Å². The molecular weight excluding hydrogens is 491 g/mol. The van der Waals surface area contributed by atoms with Crippen LogP contribution in [0.25, 0.3) is 0 Å². The number of amides is 2. The molecule has 2 aromatic rings. The fraction of sp³-hybridized carbons (Fsp3) is 0.400. The second-order valence-corrected chi connectivity index (χ2v) is 10.6. The topological polar surface area (TPSA) is 80.5 Å². The second kappa shape index (κ2) is 8.55. The van der Waals surface area contributed by atoms with Gasteiger partial charge in [-0.2, -0.15) is 18.4 Å². The molecule has 2 saturated heterocycles. The van der Waals surface area contributed by atoms with Gasteiger partial charge in [-0.05, 0) is 61.3 Å². The van der Waals surface area contributed by atoms with Gasteiger partial charge in [0, 0.05) is 25.7 Å². The molecule has 1 aromatic carbocycles. The van der Waals surface area contributed by atoms with Gasteiger partial charge in [0.25, 0.3) is 5.91 Å². The Labute approximate surface area is 212 Å². The van der Waals surface area contributed by atoms with E-state index in [-0.39, 0.29) is 28.7 Å². The van der Waals surface area contributed by atoms with E-state index in [2.05, 4.69) is 4.98 Å². The Balaban J connectivity index is 1.60. The molecule has 0 N–H and O–H groups in total. The lowest BCUT2D eigenvalue weighted by atomic mass is 9.93. The maximum atomic E-state index is 13.5. The van der Waals surface area contributed by atoms with Crippen molar-refractivity contribution in [3.63, 3.8) is 0 Å². The number of thiocarbonyl (C=S) groups is 1. The summed E-state index contributed by atoms with van der Waals surface area (Å²) in [5, 5.41) is 9.11. The van der Waals surface area contributed by atoms with E-state index in [9.17, 15) is 22.8 Å². The van der Waals surface area contributed by atoms with Crippen LogP contribution in [-0.2, 0) is 22.3 Å². The van der Waals surface area contributed by atoms with Crippen LogP contribution in [0.5, 0.6) is 0 Å². The third-order valence-corrected chi connectivity index (χ3v) is 6.86. The Morgan fingerprint density at radius 1 is 1.14 bits per heavy atom. The molecule has 2 aliphatic heterocycles. The molecule has 11 heteroatoms. The number of pyridine rings is 1. The Kier molecular flexibility index (Phi) is 6.07. The lowest BCUT2D eigenvalue weighted by molar-refractivity contribution is -0.137. The van der Waals surface area contributed by atoms with Crippen molar-refractivity contribution in [1.29, 1.82) is 5.26 Å². The predicted octanol–water partition coefficient (Wildman–Crippen LogP) is 4.65. The molecule has 2 aliphatic rings. The molecule has 36 heavy (non-hydrogen) atoms. The van der Waals surface area contributed by atoms with Crippen LogP contribution in [0.4, 0.5) is 24.7 Å². The highest BCUT2D eigenvalue weighted by molar-refractivity contribution is 7.80. The van der Waals surface area contributed by atoms with Crippen LogP contribution in [0.3, 0.4) is 0 Å². The quantitative estimate of drug-likeness (QED) is 0.552. The summed E-state index contributed by atoms with van der Waals surface area (Å²) < 4.78 is 40.5. The van der Waals surface area contributed by atoms with Crippen LogP contribution >= 0.6 is 12.2 Å². The van der Waals surface area contributed by atoms with Gasteiger partial charge in [0.05, 0.1) is 22.9 Å². The van der Waals surface area contributed by atoms with E-state index < -0.39 is 28.7 Å². The van der Waals surface area contributed by atoms with Gasteiger partial charge >= 0.3 is 6.18 Å². The molecule has 0 atom stereocenters. The fourth-order valence-corrected chi connectivity index (χ4v) is 4.95. The minimum atomic E-state index is -4.76. The first-order chi connectivity index (χ1) is 16.7. The number of aromatic nitrogens is 1. The van der Waals surface area contributed by atoms with Crippen LogP contribution in [0, 0.1) is 16.7 Å². The smallest absolute Gasteiger partial charge is 0.330 e. The number of benzene rings is 1. The first-order valence-corrected chi connectivity index (χ1v) is 11.6. The summed E-state index contributed by atoms with van der Waals surface area (Å²) in [5.74, 6) is 0.0522. The van der Waals surface area contributed by atoms with Crippen molar-refractivity contribution in [1.82, 2.24) is 9.88 Å². The SMILES string of the molecule is CC1(C)CC(=O)N(c2ccc(CN3C(=S)N(c4ccc(C#N)c(C(F)(F)F)c4)C(=O)C3(C)C)cn2)C1. The number of carbonyl (C=O) groups is 2. The lowest BCUT2D eigenvalue weighted by Gasteiger charge is -2.29. The molecule has 0 aliphatic carbocycles. The predicted molar refractivity (Wildman–Crippen MR) is 131 cm³/mol. The average Bonchev–Trinajstić information content (AvgIpc) is 3.16. The van der Waals surface area contributed by atoms with Crippen LogP contribution in [0.15, 0.2) is 36.5 Å². The third-order valence-electron chi connectivity index (χ3n) is 6.45. The molecule has 3 heterocycles. The van der Waals surface area contributed by atoms with Gasteiger partial charge in [0.2, 0.25) is 5.91 Å². The van der Waals surface area contributed by atoms with E-state index in [4.69, 9.17) is 17.5 Å². The molecule has 7 nitrogen and oxygen atoms in total. The summed E-state index contributed by atoms with van der Waals surface area (Å²) in [6.45, 7) is 8.07. The standard InChI is InChI=1S/C25H24F3N5O2S/c1-23(2)10-20(34)31(14-23)19-8-5-15(12-30-19)13-32-22(36)33(21(35)24(32,3)4)17-7-6-16(11-29)18(9-17)25(26,27)28/h5-9,12H,10,13-14H2,1-4H3. The zero-order chi connectivity index (χ0) is 26.6. The molecular formula is C25H24F3N5O2S. The number of nitrogens with zero attached hydrogens (tertiary/aromatic N) is 5. The third kappa shape index (κ3) is 4.41. The van der Waals surface area contributed by atoms with Crippen LogP contribution < -0.4 is 9.80 Å². The van der Waals surface area contributed by atoms with Gasteiger partial charge in [0.15, 0.2) is 5.11 Å². The van der Waals surface area contributed by atoms with Crippen molar-refractivity contribution in [2.45, 2.75) is 52.4 Å². The highest BCUT2D eigenvalue weighted by Gasteiger charge is 2.50. The molecule has 0 spiro atoms. The van der Waals surface area contributed by atoms with Gasteiger partial charge in [-0.3, -0.25) is 19.4 Å². The van der Waals surface area contributed by atoms with Crippen LogP contribution in [0.2, 0.25) is 0 Å². The summed E-state index contributed by atoms with van der Waals surface area (Å²) in [6, 6.07) is 8.14. The van der Waals surface area contributed by atoms with Crippen molar-refractivity contribution in [2.75, 3.05) is 16.3 Å². The molecule has 0 radical (unpaired) electrons. The van der Waals surface area contributed by atoms with Gasteiger partial charge < -0.3 is 4.90 Å². The minimum absolute atomic E-state index is 0.00369. The van der Waals surface area contributed by atoms with E-state index in [0.717, 1.165) is 17.0 Å². The molecule has 1 aromatic heterocycles. The normalized spacial score (nSPS) is 19.3. The highest BCUT2D eigenvalue weighted by Crippen LogP contribution is 2.38. The van der Waals surface area contributed by atoms with E-state index >= 15 is 0 Å². The molecule has 0 unspecified atom stereocenters. The maximum absolute atomic E-state index is 13.5. The number of carbonyl (C=O) groups excluding carboxylic acids is 2. The average molecular weight is 516 g/mol. The summed E-state index contributed by atoms with van der Waals surface area (Å²) in [6.07, 6.45) is -2.72. The van der Waals surface area contributed by atoms with Crippen molar-refractivity contribution >= 4 is 40.6 Å². The largest absolute Gasteiger partial charge is 0.417 e.